The molecular formula is C26H29ClN2O4S. The predicted molar refractivity (Wildman–Crippen MR) is 136 cm³/mol. The number of amides is 1. The predicted octanol–water partition coefficient (Wildman–Crippen LogP) is 5.37. The Hall–Kier alpha value is -3.03. The second-order valence-electron chi connectivity index (χ2n) is 7.75. The Morgan fingerprint density at radius 1 is 1.00 bits per heavy atom. The number of hydrogen-bond donors (Lipinski definition) is 1. The van der Waals surface area contributed by atoms with Gasteiger partial charge in [-0.3, -0.25) is 9.10 Å². The zero-order chi connectivity index (χ0) is 24.7. The number of para-hydroxylation sites is 2. The number of benzene rings is 3. The number of nitrogens with zero attached hydrogens (tertiary/aromatic N) is 1. The quantitative estimate of drug-likeness (QED) is 0.406. The molecule has 3 aromatic carbocycles. The lowest BCUT2D eigenvalue weighted by Crippen LogP contribution is -2.41. The fourth-order valence-electron chi connectivity index (χ4n) is 3.52. The Morgan fingerprint density at radius 3 is 2.26 bits per heavy atom. The molecule has 3 rings (SSSR count). The van der Waals surface area contributed by atoms with Gasteiger partial charge in [-0.25, -0.2) is 8.42 Å². The van der Waals surface area contributed by atoms with Crippen LogP contribution in [0.1, 0.15) is 37.9 Å². The van der Waals surface area contributed by atoms with E-state index >= 15 is 0 Å². The minimum Gasteiger partial charge on any atom is -0.492 e. The van der Waals surface area contributed by atoms with E-state index < -0.39 is 22.5 Å². The summed E-state index contributed by atoms with van der Waals surface area (Å²) in [6.45, 7) is 5.70. The third-order valence-electron chi connectivity index (χ3n) is 5.39. The van der Waals surface area contributed by atoms with Gasteiger partial charge in [0.1, 0.15) is 12.3 Å². The first-order valence-corrected chi connectivity index (χ1v) is 13.0. The van der Waals surface area contributed by atoms with Gasteiger partial charge < -0.3 is 10.1 Å². The van der Waals surface area contributed by atoms with Crippen LogP contribution in [0.2, 0.25) is 5.02 Å². The number of anilines is 1. The molecule has 0 saturated heterocycles. The van der Waals surface area contributed by atoms with Crippen molar-refractivity contribution in [3.63, 3.8) is 0 Å². The zero-order valence-corrected chi connectivity index (χ0v) is 21.1. The summed E-state index contributed by atoms with van der Waals surface area (Å²) < 4.78 is 34.0. The third-order valence-corrected chi connectivity index (χ3v) is 7.41. The van der Waals surface area contributed by atoms with Gasteiger partial charge >= 0.3 is 0 Å². The van der Waals surface area contributed by atoms with Crippen molar-refractivity contribution in [2.24, 2.45) is 0 Å². The summed E-state index contributed by atoms with van der Waals surface area (Å²) in [4.78, 5) is 13.1. The molecule has 1 amide bonds. The Morgan fingerprint density at radius 2 is 1.65 bits per heavy atom. The van der Waals surface area contributed by atoms with Gasteiger partial charge in [0.25, 0.3) is 10.0 Å². The van der Waals surface area contributed by atoms with E-state index in [1.54, 1.807) is 24.3 Å². The van der Waals surface area contributed by atoms with Crippen LogP contribution in [0.15, 0.2) is 77.7 Å². The molecule has 1 atom stereocenters. The monoisotopic (exact) mass is 500 g/mol. The molecule has 1 N–H and O–H groups in total. The van der Waals surface area contributed by atoms with Crippen molar-refractivity contribution in [3.05, 3.63) is 88.9 Å². The van der Waals surface area contributed by atoms with Crippen LogP contribution in [0.5, 0.6) is 5.75 Å². The highest BCUT2D eigenvalue weighted by molar-refractivity contribution is 7.92. The SMILES string of the molecule is CCOc1ccccc1N(CC(=O)N[C@@H](C)c1ccc(CC)cc1)S(=O)(=O)c1ccc(Cl)cc1. The van der Waals surface area contributed by atoms with Crippen molar-refractivity contribution in [3.8, 4) is 5.75 Å². The third kappa shape index (κ3) is 6.10. The normalized spacial score (nSPS) is 12.1. The minimum atomic E-state index is -4.08. The van der Waals surface area contributed by atoms with Gasteiger partial charge in [-0.2, -0.15) is 0 Å². The Labute approximate surface area is 206 Å². The molecule has 0 aliphatic heterocycles. The molecule has 0 aliphatic carbocycles. The lowest BCUT2D eigenvalue weighted by molar-refractivity contribution is -0.120. The van der Waals surface area contributed by atoms with Crippen LogP contribution in [0.4, 0.5) is 5.69 Å². The minimum absolute atomic E-state index is 0.0270. The van der Waals surface area contributed by atoms with Crippen LogP contribution in [0, 0.1) is 0 Å². The molecule has 0 unspecified atom stereocenters. The summed E-state index contributed by atoms with van der Waals surface area (Å²) in [5.74, 6) is -0.0607. The van der Waals surface area contributed by atoms with Crippen molar-refractivity contribution >= 4 is 33.2 Å². The first-order valence-electron chi connectivity index (χ1n) is 11.1. The summed E-state index contributed by atoms with van der Waals surface area (Å²) in [6.07, 6.45) is 0.928. The highest BCUT2D eigenvalue weighted by Gasteiger charge is 2.29. The van der Waals surface area contributed by atoms with Gasteiger partial charge in [-0.15, -0.1) is 0 Å². The van der Waals surface area contributed by atoms with E-state index in [0.29, 0.717) is 17.4 Å². The van der Waals surface area contributed by atoms with Crippen LogP contribution in [0.3, 0.4) is 0 Å². The first-order chi connectivity index (χ1) is 16.3. The summed E-state index contributed by atoms with van der Waals surface area (Å²) in [5, 5.41) is 3.33. The van der Waals surface area contributed by atoms with Crippen LogP contribution < -0.4 is 14.4 Å². The average Bonchev–Trinajstić information content (AvgIpc) is 2.83. The van der Waals surface area contributed by atoms with Gasteiger partial charge in [0.05, 0.1) is 23.2 Å². The maximum Gasteiger partial charge on any atom is 0.264 e. The average molecular weight is 501 g/mol. The van der Waals surface area contributed by atoms with E-state index in [9.17, 15) is 13.2 Å². The highest BCUT2D eigenvalue weighted by Crippen LogP contribution is 2.32. The molecule has 0 fully saturated rings. The molecule has 6 nitrogen and oxygen atoms in total. The van der Waals surface area contributed by atoms with E-state index in [4.69, 9.17) is 16.3 Å². The molecule has 8 heteroatoms. The number of rotatable bonds is 10. The van der Waals surface area contributed by atoms with Gasteiger partial charge in [-0.1, -0.05) is 54.9 Å². The van der Waals surface area contributed by atoms with Crippen LogP contribution in [0.25, 0.3) is 0 Å². The molecule has 34 heavy (non-hydrogen) atoms. The molecule has 0 saturated carbocycles. The molecule has 0 aliphatic rings. The molecule has 0 aromatic heterocycles. The smallest absolute Gasteiger partial charge is 0.264 e. The van der Waals surface area contributed by atoms with Crippen molar-refractivity contribution in [1.82, 2.24) is 5.32 Å². The Balaban J connectivity index is 1.92. The lowest BCUT2D eigenvalue weighted by atomic mass is 10.1. The number of halogens is 1. The summed E-state index contributed by atoms with van der Waals surface area (Å²) >= 11 is 5.95. The van der Waals surface area contributed by atoms with E-state index in [0.717, 1.165) is 16.3 Å². The van der Waals surface area contributed by atoms with Gasteiger partial charge in [0, 0.05) is 5.02 Å². The van der Waals surface area contributed by atoms with Crippen molar-refractivity contribution in [2.75, 3.05) is 17.5 Å². The zero-order valence-electron chi connectivity index (χ0n) is 19.5. The van der Waals surface area contributed by atoms with E-state index in [-0.39, 0.29) is 16.6 Å². The number of carbonyl (C=O) groups is 1. The molecule has 0 spiro atoms. The molecule has 180 valence electrons. The molecule has 0 heterocycles. The van der Waals surface area contributed by atoms with E-state index in [1.165, 1.54) is 29.8 Å². The second-order valence-corrected chi connectivity index (χ2v) is 10.0. The summed E-state index contributed by atoms with van der Waals surface area (Å²) in [5.41, 5.74) is 2.43. The van der Waals surface area contributed by atoms with Crippen molar-refractivity contribution in [2.45, 2.75) is 38.1 Å². The second kappa shape index (κ2) is 11.4. The number of carbonyl (C=O) groups excluding carboxylic acids is 1. The summed E-state index contributed by atoms with van der Waals surface area (Å²) in [6, 6.07) is 20.3. The standard InChI is InChI=1S/C26H29ClN2O4S/c1-4-20-10-12-21(13-11-20)19(3)28-26(30)18-29(24-8-6-7-9-25(24)33-5-2)34(31,32)23-16-14-22(27)15-17-23/h6-17,19H,4-5,18H2,1-3H3,(H,28,30)/t19-/m0/s1. The summed E-state index contributed by atoms with van der Waals surface area (Å²) in [7, 11) is -4.08. The maximum atomic E-state index is 13.6. The topological polar surface area (TPSA) is 75.7 Å². The lowest BCUT2D eigenvalue weighted by Gasteiger charge is -2.26. The van der Waals surface area contributed by atoms with Crippen LogP contribution >= 0.6 is 11.6 Å². The number of sulfonamides is 1. The van der Waals surface area contributed by atoms with Crippen molar-refractivity contribution < 1.29 is 17.9 Å². The fourth-order valence-corrected chi connectivity index (χ4v) is 5.07. The molecule has 3 aromatic rings. The fraction of sp³-hybridized carbons (Fsp3) is 0.269. The van der Waals surface area contributed by atoms with Crippen molar-refractivity contribution in [1.29, 1.82) is 0 Å². The largest absolute Gasteiger partial charge is 0.492 e. The van der Waals surface area contributed by atoms with E-state index in [1.807, 2.05) is 38.1 Å². The maximum absolute atomic E-state index is 13.6. The molecule has 0 bridgehead atoms. The number of nitrogens with one attached hydrogen (secondary N) is 1. The van der Waals surface area contributed by atoms with Crippen LogP contribution in [-0.2, 0) is 21.2 Å². The molecule has 0 radical (unpaired) electrons. The Bertz CT molecular complexity index is 1210. The number of hydrogen-bond acceptors (Lipinski definition) is 4. The van der Waals surface area contributed by atoms with Gasteiger partial charge in [-0.05, 0) is 67.8 Å². The number of aryl methyl sites for hydroxylation is 1. The van der Waals surface area contributed by atoms with Crippen LogP contribution in [-0.4, -0.2) is 27.5 Å². The van der Waals surface area contributed by atoms with Gasteiger partial charge in [0.15, 0.2) is 0 Å². The number of ether oxygens (including phenoxy) is 1. The first kappa shape index (κ1) is 25.6. The Kier molecular flexibility index (Phi) is 8.58. The molecular weight excluding hydrogens is 472 g/mol. The van der Waals surface area contributed by atoms with E-state index in [2.05, 4.69) is 12.2 Å². The highest BCUT2D eigenvalue weighted by atomic mass is 35.5. The van der Waals surface area contributed by atoms with Gasteiger partial charge in [0.2, 0.25) is 5.91 Å².